The summed E-state index contributed by atoms with van der Waals surface area (Å²) < 4.78 is 0. The molecule has 1 heterocycles. The van der Waals surface area contributed by atoms with Gasteiger partial charge in [0.05, 0.1) is 17.4 Å². The van der Waals surface area contributed by atoms with Crippen molar-refractivity contribution < 1.29 is 4.79 Å². The van der Waals surface area contributed by atoms with Crippen LogP contribution in [0.5, 0.6) is 0 Å². The number of benzene rings is 1. The van der Waals surface area contributed by atoms with Gasteiger partial charge in [0, 0.05) is 0 Å². The summed E-state index contributed by atoms with van der Waals surface area (Å²) in [7, 11) is 0. The minimum atomic E-state index is -0.262. The van der Waals surface area contributed by atoms with Crippen LogP contribution in [0.15, 0.2) is 30.3 Å². The second-order valence-electron chi connectivity index (χ2n) is 5.16. The van der Waals surface area contributed by atoms with Crippen molar-refractivity contribution in [3.8, 4) is 0 Å². The molecule has 1 unspecified atom stereocenters. The predicted molar refractivity (Wildman–Crippen MR) is 79.4 cm³/mol. The summed E-state index contributed by atoms with van der Waals surface area (Å²) in [6.45, 7) is 5.93. The van der Waals surface area contributed by atoms with E-state index in [1.54, 1.807) is 0 Å². The molecule has 0 saturated heterocycles. The zero-order valence-electron chi connectivity index (χ0n) is 12.0. The Morgan fingerprint density at radius 1 is 1.25 bits per heavy atom. The van der Waals surface area contributed by atoms with E-state index in [0.717, 1.165) is 11.3 Å². The van der Waals surface area contributed by atoms with Gasteiger partial charge < -0.3 is 11.1 Å². The van der Waals surface area contributed by atoms with Gasteiger partial charge in [-0.15, -0.1) is 0 Å². The molecule has 1 amide bonds. The number of hydrogen-bond donors (Lipinski definition) is 3. The van der Waals surface area contributed by atoms with Gasteiger partial charge in [-0.3, -0.25) is 9.89 Å². The summed E-state index contributed by atoms with van der Waals surface area (Å²) in [5, 5.41) is 9.76. The van der Waals surface area contributed by atoms with Crippen LogP contribution >= 0.6 is 0 Å². The van der Waals surface area contributed by atoms with Crippen molar-refractivity contribution in [3.05, 3.63) is 47.3 Å². The molecule has 0 aliphatic heterocycles. The summed E-state index contributed by atoms with van der Waals surface area (Å²) in [5.41, 5.74) is 8.49. The predicted octanol–water partition coefficient (Wildman–Crippen LogP) is 2.61. The number of nitrogen functional groups attached to an aromatic ring is 1. The highest BCUT2D eigenvalue weighted by atomic mass is 16.2. The Morgan fingerprint density at radius 2 is 1.90 bits per heavy atom. The van der Waals surface area contributed by atoms with Crippen molar-refractivity contribution in [2.75, 3.05) is 5.73 Å². The fourth-order valence-corrected chi connectivity index (χ4v) is 2.07. The lowest BCUT2D eigenvalue weighted by Crippen LogP contribution is -2.27. The molecule has 1 aromatic carbocycles. The molecule has 0 radical (unpaired) electrons. The molecule has 0 spiro atoms. The fourth-order valence-electron chi connectivity index (χ4n) is 2.07. The molecule has 0 bridgehead atoms. The number of carbonyl (C=O) groups excluding carboxylic acids is 1. The first-order chi connectivity index (χ1) is 9.50. The molecule has 0 aliphatic carbocycles. The zero-order valence-corrected chi connectivity index (χ0v) is 12.0. The van der Waals surface area contributed by atoms with Crippen LogP contribution in [0, 0.1) is 0 Å². The number of rotatable bonds is 4. The zero-order chi connectivity index (χ0) is 14.7. The summed E-state index contributed by atoms with van der Waals surface area (Å²) in [5.74, 6) is -0.0578. The Kier molecular flexibility index (Phi) is 4.08. The maximum absolute atomic E-state index is 12.2. The number of hydrogen-bond acceptors (Lipinski definition) is 3. The molecule has 4 N–H and O–H groups in total. The Balaban J connectivity index is 2.13. The smallest absolute Gasteiger partial charge is 0.274 e. The van der Waals surface area contributed by atoms with E-state index < -0.39 is 0 Å². The number of aromatic amines is 1. The Hall–Kier alpha value is -2.30. The third-order valence-corrected chi connectivity index (χ3v) is 3.27. The Bertz CT molecular complexity index is 589. The van der Waals surface area contributed by atoms with Gasteiger partial charge in [0.25, 0.3) is 5.91 Å². The maximum atomic E-state index is 12.2. The van der Waals surface area contributed by atoms with Crippen LogP contribution in [-0.4, -0.2) is 16.1 Å². The van der Waals surface area contributed by atoms with Crippen LogP contribution < -0.4 is 11.1 Å². The van der Waals surface area contributed by atoms with E-state index in [9.17, 15) is 4.79 Å². The fraction of sp³-hybridized carbons (Fsp3) is 0.333. The number of H-pyrrole nitrogens is 1. The number of nitrogens with one attached hydrogen (secondary N) is 2. The molecule has 106 valence electrons. The SMILES string of the molecule is CC(C)c1[nH]nc(C(=O)NC(C)c2ccccc2)c1N. The number of nitrogens with zero attached hydrogens (tertiary/aromatic N) is 1. The monoisotopic (exact) mass is 272 g/mol. The minimum absolute atomic E-state index is 0.0951. The average molecular weight is 272 g/mol. The van der Waals surface area contributed by atoms with Crippen molar-refractivity contribution in [1.82, 2.24) is 15.5 Å². The first-order valence-corrected chi connectivity index (χ1v) is 6.70. The molecule has 2 aromatic rings. The van der Waals surface area contributed by atoms with E-state index in [0.29, 0.717) is 5.69 Å². The van der Waals surface area contributed by atoms with E-state index in [1.165, 1.54) is 0 Å². The van der Waals surface area contributed by atoms with E-state index in [4.69, 9.17) is 5.73 Å². The first kappa shape index (κ1) is 14.1. The lowest BCUT2D eigenvalue weighted by Gasteiger charge is -2.13. The number of aromatic nitrogens is 2. The largest absolute Gasteiger partial charge is 0.395 e. The van der Waals surface area contributed by atoms with Gasteiger partial charge in [-0.2, -0.15) is 5.10 Å². The van der Waals surface area contributed by atoms with Crippen LogP contribution in [-0.2, 0) is 0 Å². The van der Waals surface area contributed by atoms with E-state index in [-0.39, 0.29) is 23.6 Å². The van der Waals surface area contributed by atoms with Crippen molar-refractivity contribution in [2.24, 2.45) is 0 Å². The third kappa shape index (κ3) is 2.82. The van der Waals surface area contributed by atoms with E-state index in [1.807, 2.05) is 51.1 Å². The van der Waals surface area contributed by atoms with Crippen LogP contribution in [0.25, 0.3) is 0 Å². The molecule has 1 atom stereocenters. The topological polar surface area (TPSA) is 83.8 Å². The normalized spacial score (nSPS) is 12.4. The van der Waals surface area contributed by atoms with Crippen molar-refractivity contribution in [1.29, 1.82) is 0 Å². The number of nitrogens with two attached hydrogens (primary N) is 1. The van der Waals surface area contributed by atoms with Crippen LogP contribution in [0.2, 0.25) is 0 Å². The molecular formula is C15H20N4O. The molecular weight excluding hydrogens is 252 g/mol. The second-order valence-corrected chi connectivity index (χ2v) is 5.16. The quantitative estimate of drug-likeness (QED) is 0.800. The lowest BCUT2D eigenvalue weighted by atomic mass is 10.1. The number of carbonyl (C=O) groups is 1. The van der Waals surface area contributed by atoms with Gasteiger partial charge in [-0.25, -0.2) is 0 Å². The third-order valence-electron chi connectivity index (χ3n) is 3.27. The van der Waals surface area contributed by atoms with Crippen LogP contribution in [0.4, 0.5) is 5.69 Å². The first-order valence-electron chi connectivity index (χ1n) is 6.70. The molecule has 5 heteroatoms. The Morgan fingerprint density at radius 3 is 2.45 bits per heavy atom. The van der Waals surface area contributed by atoms with Gasteiger partial charge in [-0.05, 0) is 18.4 Å². The van der Waals surface area contributed by atoms with Gasteiger partial charge in [0.2, 0.25) is 0 Å². The molecule has 1 aromatic heterocycles. The highest BCUT2D eigenvalue weighted by Gasteiger charge is 2.20. The molecule has 0 aliphatic rings. The van der Waals surface area contributed by atoms with E-state index in [2.05, 4.69) is 15.5 Å². The second kappa shape index (κ2) is 5.77. The van der Waals surface area contributed by atoms with Gasteiger partial charge >= 0.3 is 0 Å². The lowest BCUT2D eigenvalue weighted by molar-refractivity contribution is 0.0935. The van der Waals surface area contributed by atoms with Crippen molar-refractivity contribution in [3.63, 3.8) is 0 Å². The molecule has 0 fully saturated rings. The molecule has 2 rings (SSSR count). The van der Waals surface area contributed by atoms with E-state index >= 15 is 0 Å². The summed E-state index contributed by atoms with van der Waals surface area (Å²) in [6, 6.07) is 9.67. The number of amides is 1. The molecule has 5 nitrogen and oxygen atoms in total. The summed E-state index contributed by atoms with van der Waals surface area (Å²) in [4.78, 5) is 12.2. The van der Waals surface area contributed by atoms with Crippen molar-refractivity contribution in [2.45, 2.75) is 32.7 Å². The van der Waals surface area contributed by atoms with Crippen LogP contribution in [0.3, 0.4) is 0 Å². The Labute approximate surface area is 118 Å². The van der Waals surface area contributed by atoms with Gasteiger partial charge in [0.1, 0.15) is 0 Å². The van der Waals surface area contributed by atoms with Crippen LogP contribution in [0.1, 0.15) is 54.5 Å². The molecule has 0 saturated carbocycles. The highest BCUT2D eigenvalue weighted by molar-refractivity contribution is 5.97. The highest BCUT2D eigenvalue weighted by Crippen LogP contribution is 2.22. The number of anilines is 1. The summed E-state index contributed by atoms with van der Waals surface area (Å²) in [6.07, 6.45) is 0. The summed E-state index contributed by atoms with van der Waals surface area (Å²) >= 11 is 0. The van der Waals surface area contributed by atoms with Gasteiger partial charge in [-0.1, -0.05) is 44.2 Å². The minimum Gasteiger partial charge on any atom is -0.395 e. The standard InChI is InChI=1S/C15H20N4O/c1-9(2)13-12(16)14(19-18-13)15(20)17-10(3)11-7-5-4-6-8-11/h4-10H,16H2,1-3H3,(H,17,20)(H,18,19). The van der Waals surface area contributed by atoms with Crippen molar-refractivity contribution >= 4 is 11.6 Å². The van der Waals surface area contributed by atoms with Gasteiger partial charge in [0.15, 0.2) is 5.69 Å². The average Bonchev–Trinajstić information content (AvgIpc) is 2.81. The molecule has 20 heavy (non-hydrogen) atoms. The maximum Gasteiger partial charge on any atom is 0.274 e.